The number of amides is 2. The van der Waals surface area contributed by atoms with Crippen molar-refractivity contribution in [1.82, 2.24) is 9.99 Å². The smallest absolute Gasteiger partial charge is 0.273 e. The summed E-state index contributed by atoms with van der Waals surface area (Å²) in [5.74, 6) is -0.0852. The van der Waals surface area contributed by atoms with E-state index in [4.69, 9.17) is 0 Å². The van der Waals surface area contributed by atoms with Gasteiger partial charge in [0.2, 0.25) is 5.91 Å². The van der Waals surface area contributed by atoms with Crippen LogP contribution in [0.1, 0.15) is 21.6 Å². The molecule has 1 aliphatic heterocycles. The highest BCUT2D eigenvalue weighted by atomic mass is 16.2. The van der Waals surface area contributed by atoms with Gasteiger partial charge in [-0.25, -0.2) is 10.0 Å². The van der Waals surface area contributed by atoms with Crippen LogP contribution in [-0.2, 0) is 17.6 Å². The van der Waals surface area contributed by atoms with Crippen LogP contribution in [-0.4, -0.2) is 42.4 Å². The van der Waals surface area contributed by atoms with Crippen LogP contribution in [0.3, 0.4) is 0 Å². The molecule has 36 heavy (non-hydrogen) atoms. The molecular formula is C30H28N4O2. The zero-order valence-corrected chi connectivity index (χ0v) is 20.5. The summed E-state index contributed by atoms with van der Waals surface area (Å²) in [6.45, 7) is 0.622. The number of carbonyl (C=O) groups is 2. The van der Waals surface area contributed by atoms with Gasteiger partial charge in [0.1, 0.15) is 0 Å². The van der Waals surface area contributed by atoms with Crippen LogP contribution in [0.4, 0.5) is 11.4 Å². The van der Waals surface area contributed by atoms with E-state index in [1.807, 2.05) is 110 Å². The number of rotatable bonds is 6. The van der Waals surface area contributed by atoms with Crippen molar-refractivity contribution in [3.63, 3.8) is 0 Å². The number of fused-ring (bicyclic) bond motifs is 1. The van der Waals surface area contributed by atoms with Crippen LogP contribution in [0, 0.1) is 0 Å². The summed E-state index contributed by atoms with van der Waals surface area (Å²) >= 11 is 0. The molecular weight excluding hydrogens is 448 g/mol. The molecule has 180 valence electrons. The first kappa shape index (κ1) is 23.5. The summed E-state index contributed by atoms with van der Waals surface area (Å²) in [4.78, 5) is 33.0. The summed E-state index contributed by atoms with van der Waals surface area (Å²) in [6, 6.07) is 29.1. The van der Waals surface area contributed by atoms with Gasteiger partial charge in [-0.3, -0.25) is 14.6 Å². The van der Waals surface area contributed by atoms with Crippen molar-refractivity contribution < 1.29 is 9.59 Å². The maximum absolute atomic E-state index is 13.9. The summed E-state index contributed by atoms with van der Waals surface area (Å²) in [5.41, 5.74) is 6.00. The number of benzene rings is 3. The molecule has 1 aromatic heterocycles. The lowest BCUT2D eigenvalue weighted by molar-refractivity contribution is -0.117. The van der Waals surface area contributed by atoms with E-state index >= 15 is 0 Å². The Hall–Kier alpha value is -4.29. The maximum Gasteiger partial charge on any atom is 0.273 e. The fourth-order valence-corrected chi connectivity index (χ4v) is 4.72. The molecule has 0 saturated heterocycles. The van der Waals surface area contributed by atoms with Crippen LogP contribution >= 0.6 is 0 Å². The summed E-state index contributed by atoms with van der Waals surface area (Å²) in [5, 5.41) is 3.48. The van der Waals surface area contributed by atoms with Crippen LogP contribution in [0.5, 0.6) is 0 Å². The van der Waals surface area contributed by atoms with Crippen molar-refractivity contribution in [1.29, 1.82) is 0 Å². The number of nitrogens with zero attached hydrogens (tertiary/aromatic N) is 4. The van der Waals surface area contributed by atoms with Crippen molar-refractivity contribution >= 4 is 23.2 Å². The first-order valence-corrected chi connectivity index (χ1v) is 12.0. The predicted octanol–water partition coefficient (Wildman–Crippen LogP) is 5.00. The van der Waals surface area contributed by atoms with Crippen LogP contribution < -0.4 is 9.91 Å². The zero-order valence-electron chi connectivity index (χ0n) is 20.5. The third-order valence-corrected chi connectivity index (χ3v) is 6.40. The predicted molar refractivity (Wildman–Crippen MR) is 143 cm³/mol. The molecule has 6 nitrogen and oxygen atoms in total. The van der Waals surface area contributed by atoms with Gasteiger partial charge in [0.05, 0.1) is 12.1 Å². The number of hydrazine groups is 1. The average Bonchev–Trinajstić information content (AvgIpc) is 3.33. The second kappa shape index (κ2) is 10.1. The van der Waals surface area contributed by atoms with Crippen LogP contribution in [0.2, 0.25) is 0 Å². The second-order valence-electron chi connectivity index (χ2n) is 8.98. The number of pyridine rings is 1. The van der Waals surface area contributed by atoms with E-state index in [1.165, 1.54) is 0 Å². The number of hydrogen-bond donors (Lipinski definition) is 0. The minimum atomic E-state index is -0.111. The number of aromatic nitrogens is 1. The van der Waals surface area contributed by atoms with E-state index in [-0.39, 0.29) is 18.2 Å². The number of anilines is 2. The number of carbonyl (C=O) groups excluding carboxylic acids is 2. The Labute approximate surface area is 211 Å². The molecule has 0 saturated carbocycles. The van der Waals surface area contributed by atoms with E-state index in [0.29, 0.717) is 12.1 Å². The number of hydrogen-bond acceptors (Lipinski definition) is 4. The highest BCUT2D eigenvalue weighted by Gasteiger charge is 2.28. The molecule has 3 aromatic carbocycles. The lowest BCUT2D eigenvalue weighted by Gasteiger charge is -2.30. The Bertz CT molecular complexity index is 1390. The Kier molecular flexibility index (Phi) is 6.60. The van der Waals surface area contributed by atoms with Crippen molar-refractivity contribution in [2.75, 3.05) is 30.5 Å². The van der Waals surface area contributed by atoms with E-state index in [1.54, 1.807) is 16.2 Å². The van der Waals surface area contributed by atoms with Gasteiger partial charge in [-0.05, 0) is 59.5 Å². The Morgan fingerprint density at radius 1 is 0.889 bits per heavy atom. The topological polar surface area (TPSA) is 56.8 Å². The van der Waals surface area contributed by atoms with Crippen LogP contribution in [0.15, 0.2) is 97.2 Å². The molecule has 6 heteroatoms. The molecule has 0 N–H and O–H groups in total. The average molecular weight is 477 g/mol. The SMILES string of the molecule is CN(C)N(C(=O)c1ccccc1-c1ccccc1)c1ccc2c(c1)CCN2C(=O)Cc1ccccn1. The molecule has 0 bridgehead atoms. The third kappa shape index (κ3) is 4.63. The van der Waals surface area contributed by atoms with Gasteiger partial charge in [-0.1, -0.05) is 54.6 Å². The maximum atomic E-state index is 13.9. The zero-order chi connectivity index (χ0) is 25.1. The highest BCUT2D eigenvalue weighted by molar-refractivity contribution is 6.10. The Morgan fingerprint density at radius 2 is 1.64 bits per heavy atom. The van der Waals surface area contributed by atoms with Gasteiger partial charge in [0, 0.05) is 43.8 Å². The quantitative estimate of drug-likeness (QED) is 0.368. The van der Waals surface area contributed by atoms with Crippen molar-refractivity contribution in [2.45, 2.75) is 12.8 Å². The lowest BCUT2D eigenvalue weighted by Crippen LogP contribution is -2.42. The summed E-state index contributed by atoms with van der Waals surface area (Å²) in [7, 11) is 3.72. The molecule has 0 atom stereocenters. The Morgan fingerprint density at radius 3 is 2.39 bits per heavy atom. The fourth-order valence-electron chi connectivity index (χ4n) is 4.72. The lowest BCUT2D eigenvalue weighted by atomic mass is 9.99. The van der Waals surface area contributed by atoms with E-state index < -0.39 is 0 Å². The van der Waals surface area contributed by atoms with Crippen LogP contribution in [0.25, 0.3) is 11.1 Å². The van der Waals surface area contributed by atoms with Crippen molar-refractivity contribution in [2.24, 2.45) is 0 Å². The monoisotopic (exact) mass is 476 g/mol. The molecule has 0 fully saturated rings. The molecule has 0 radical (unpaired) electrons. The molecule has 2 heterocycles. The molecule has 5 rings (SSSR count). The molecule has 2 amide bonds. The standard InChI is InChI=1S/C30H28N4O2/c1-32(2)34(30(36)27-14-7-6-13-26(27)22-10-4-3-5-11-22)25-15-16-28-23(20-25)17-19-33(28)29(35)21-24-12-8-9-18-31-24/h3-16,18,20H,17,19,21H2,1-2H3. The highest BCUT2D eigenvalue weighted by Crippen LogP contribution is 2.34. The van der Waals surface area contributed by atoms with Gasteiger partial charge >= 0.3 is 0 Å². The molecule has 4 aromatic rings. The molecule has 0 aliphatic carbocycles. The Balaban J connectivity index is 1.43. The van der Waals surface area contributed by atoms with Gasteiger partial charge < -0.3 is 4.90 Å². The largest absolute Gasteiger partial charge is 0.311 e. The first-order valence-electron chi connectivity index (χ1n) is 12.0. The van der Waals surface area contributed by atoms with Gasteiger partial charge in [0.25, 0.3) is 5.91 Å². The minimum Gasteiger partial charge on any atom is -0.311 e. The normalized spacial score (nSPS) is 12.5. The fraction of sp³-hybridized carbons (Fsp3) is 0.167. The van der Waals surface area contributed by atoms with E-state index in [0.717, 1.165) is 40.2 Å². The van der Waals surface area contributed by atoms with E-state index in [9.17, 15) is 9.59 Å². The van der Waals surface area contributed by atoms with Gasteiger partial charge in [-0.15, -0.1) is 0 Å². The van der Waals surface area contributed by atoms with Crippen molar-refractivity contribution in [3.8, 4) is 11.1 Å². The van der Waals surface area contributed by atoms with Gasteiger partial charge in [-0.2, -0.15) is 0 Å². The molecule has 0 spiro atoms. The summed E-state index contributed by atoms with van der Waals surface area (Å²) < 4.78 is 0. The second-order valence-corrected chi connectivity index (χ2v) is 8.98. The van der Waals surface area contributed by atoms with Crippen molar-refractivity contribution in [3.05, 3.63) is 114 Å². The molecule has 0 unspecified atom stereocenters. The van der Waals surface area contributed by atoms with Gasteiger partial charge in [0.15, 0.2) is 0 Å². The third-order valence-electron chi connectivity index (χ3n) is 6.40. The van der Waals surface area contributed by atoms with E-state index in [2.05, 4.69) is 4.98 Å². The summed E-state index contributed by atoms with van der Waals surface area (Å²) in [6.07, 6.45) is 2.71. The minimum absolute atomic E-state index is 0.0255. The first-order chi connectivity index (χ1) is 17.5. The molecule has 1 aliphatic rings.